The molecule has 12 heavy (non-hydrogen) atoms. The predicted molar refractivity (Wildman–Crippen MR) is 47.2 cm³/mol. The van der Waals surface area contributed by atoms with Gasteiger partial charge in [0.2, 0.25) is 6.20 Å². The van der Waals surface area contributed by atoms with Crippen LogP contribution in [0.2, 0.25) is 0 Å². The summed E-state index contributed by atoms with van der Waals surface area (Å²) >= 11 is 0. The van der Waals surface area contributed by atoms with E-state index in [9.17, 15) is 10.1 Å². The zero-order valence-electron chi connectivity index (χ0n) is 6.73. The van der Waals surface area contributed by atoms with Gasteiger partial charge >= 0.3 is 0 Å². The molecule has 0 aliphatic heterocycles. The quantitative estimate of drug-likeness (QED) is 0.495. The van der Waals surface area contributed by atoms with Crippen molar-refractivity contribution in [2.24, 2.45) is 0 Å². The third kappa shape index (κ3) is 2.20. The summed E-state index contributed by atoms with van der Waals surface area (Å²) in [6.45, 7) is 1.92. The highest BCUT2D eigenvalue weighted by atomic mass is 16.6. The Balaban J connectivity index is 2.89. The van der Waals surface area contributed by atoms with Gasteiger partial charge in [-0.15, -0.1) is 0 Å². The van der Waals surface area contributed by atoms with Gasteiger partial charge in [-0.3, -0.25) is 10.1 Å². The minimum atomic E-state index is -0.466. The largest absolute Gasteiger partial charge is 0.259 e. The Morgan fingerprint density at radius 3 is 2.67 bits per heavy atom. The molecule has 0 unspecified atom stereocenters. The van der Waals surface area contributed by atoms with E-state index >= 15 is 0 Å². The van der Waals surface area contributed by atoms with Gasteiger partial charge in [-0.05, 0) is 18.1 Å². The summed E-state index contributed by atoms with van der Waals surface area (Å²) < 4.78 is 0. The molecule has 0 N–H and O–H groups in total. The highest BCUT2D eigenvalue weighted by Gasteiger charge is 1.92. The van der Waals surface area contributed by atoms with Crippen molar-refractivity contribution < 1.29 is 4.92 Å². The van der Waals surface area contributed by atoms with E-state index < -0.39 is 4.92 Å². The number of nitro groups is 1. The average Bonchev–Trinajstić information content (AvgIpc) is 2.03. The Bertz CT molecular complexity index is 318. The summed E-state index contributed by atoms with van der Waals surface area (Å²) in [5.41, 5.74) is 1.92. The molecule has 0 aliphatic carbocycles. The molecular formula is C9H9NO2. The van der Waals surface area contributed by atoms with Crippen LogP contribution in [0.15, 0.2) is 30.5 Å². The zero-order chi connectivity index (χ0) is 8.97. The van der Waals surface area contributed by atoms with Gasteiger partial charge in [0.05, 0.1) is 4.92 Å². The Morgan fingerprint density at radius 1 is 1.42 bits per heavy atom. The highest BCUT2D eigenvalue weighted by molar-refractivity contribution is 5.52. The summed E-state index contributed by atoms with van der Waals surface area (Å²) in [6.07, 6.45) is 2.44. The van der Waals surface area contributed by atoms with Crippen LogP contribution in [0, 0.1) is 17.0 Å². The van der Waals surface area contributed by atoms with Gasteiger partial charge in [0, 0.05) is 6.08 Å². The normalized spacial score (nSPS) is 10.4. The first-order valence-electron chi connectivity index (χ1n) is 3.57. The highest BCUT2D eigenvalue weighted by Crippen LogP contribution is 2.08. The molecule has 0 aliphatic rings. The number of rotatable bonds is 2. The topological polar surface area (TPSA) is 43.1 Å². The second-order valence-corrected chi connectivity index (χ2v) is 2.46. The van der Waals surface area contributed by atoms with Gasteiger partial charge in [-0.1, -0.05) is 24.3 Å². The second-order valence-electron chi connectivity index (χ2n) is 2.46. The SMILES string of the molecule is Cc1ccccc1/C=C/[N+](=O)[O-]. The smallest absolute Gasteiger partial charge is 0.235 e. The first-order chi connectivity index (χ1) is 5.70. The molecule has 0 saturated heterocycles. The van der Waals surface area contributed by atoms with E-state index in [-0.39, 0.29) is 0 Å². The van der Waals surface area contributed by atoms with E-state index in [0.717, 1.165) is 17.3 Å². The van der Waals surface area contributed by atoms with Crippen molar-refractivity contribution in [2.45, 2.75) is 6.92 Å². The van der Waals surface area contributed by atoms with Crippen molar-refractivity contribution in [3.63, 3.8) is 0 Å². The minimum Gasteiger partial charge on any atom is -0.259 e. The maximum Gasteiger partial charge on any atom is 0.235 e. The zero-order valence-corrected chi connectivity index (χ0v) is 6.73. The van der Waals surface area contributed by atoms with E-state index in [1.165, 1.54) is 6.08 Å². The fourth-order valence-electron chi connectivity index (χ4n) is 0.915. The molecule has 0 heterocycles. The van der Waals surface area contributed by atoms with Crippen LogP contribution >= 0.6 is 0 Å². The van der Waals surface area contributed by atoms with Crippen molar-refractivity contribution in [1.29, 1.82) is 0 Å². The monoisotopic (exact) mass is 163 g/mol. The molecule has 0 atom stereocenters. The number of nitrogens with zero attached hydrogens (tertiary/aromatic N) is 1. The molecule has 0 spiro atoms. The van der Waals surface area contributed by atoms with Gasteiger partial charge in [0.1, 0.15) is 0 Å². The molecule has 1 rings (SSSR count). The van der Waals surface area contributed by atoms with Gasteiger partial charge in [-0.2, -0.15) is 0 Å². The molecule has 0 saturated carbocycles. The van der Waals surface area contributed by atoms with Gasteiger partial charge in [0.25, 0.3) is 0 Å². The first-order valence-corrected chi connectivity index (χ1v) is 3.57. The molecule has 0 radical (unpaired) electrons. The lowest BCUT2D eigenvalue weighted by Gasteiger charge is -1.95. The summed E-state index contributed by atoms with van der Waals surface area (Å²) in [7, 11) is 0. The molecule has 0 amide bonds. The first kappa shape index (κ1) is 8.46. The lowest BCUT2D eigenvalue weighted by Crippen LogP contribution is -1.84. The molecule has 3 nitrogen and oxygen atoms in total. The van der Waals surface area contributed by atoms with Crippen LogP contribution < -0.4 is 0 Å². The Labute approximate surface area is 70.5 Å². The number of benzene rings is 1. The lowest BCUT2D eigenvalue weighted by atomic mass is 10.1. The molecular weight excluding hydrogens is 154 g/mol. The Kier molecular flexibility index (Phi) is 2.58. The van der Waals surface area contributed by atoms with E-state index in [4.69, 9.17) is 0 Å². The fourth-order valence-corrected chi connectivity index (χ4v) is 0.915. The van der Waals surface area contributed by atoms with Crippen molar-refractivity contribution >= 4 is 6.08 Å². The minimum absolute atomic E-state index is 0.466. The maximum absolute atomic E-state index is 10.0. The van der Waals surface area contributed by atoms with Crippen LogP contribution in [-0.2, 0) is 0 Å². The van der Waals surface area contributed by atoms with Crippen LogP contribution in [0.1, 0.15) is 11.1 Å². The Hall–Kier alpha value is -1.64. The molecule has 1 aromatic rings. The summed E-state index contributed by atoms with van der Waals surface area (Å²) in [4.78, 5) is 9.54. The summed E-state index contributed by atoms with van der Waals surface area (Å²) in [5.74, 6) is 0. The average molecular weight is 163 g/mol. The summed E-state index contributed by atoms with van der Waals surface area (Å²) in [6, 6.07) is 7.51. The number of hydrogen-bond donors (Lipinski definition) is 0. The van der Waals surface area contributed by atoms with E-state index in [1.54, 1.807) is 0 Å². The standard InChI is InChI=1S/C9H9NO2/c1-8-4-2-3-5-9(8)6-7-10(11)12/h2-7H,1H3/b7-6+. The lowest BCUT2D eigenvalue weighted by molar-refractivity contribution is -0.400. The van der Waals surface area contributed by atoms with Crippen molar-refractivity contribution in [3.8, 4) is 0 Å². The number of hydrogen-bond acceptors (Lipinski definition) is 2. The molecule has 3 heteroatoms. The second kappa shape index (κ2) is 3.67. The van der Waals surface area contributed by atoms with Crippen LogP contribution in [0.5, 0.6) is 0 Å². The summed E-state index contributed by atoms with van der Waals surface area (Å²) in [5, 5.41) is 10.0. The predicted octanol–water partition coefficient (Wildman–Crippen LogP) is 2.24. The van der Waals surface area contributed by atoms with Crippen LogP contribution in [-0.4, -0.2) is 4.92 Å². The van der Waals surface area contributed by atoms with E-state index in [0.29, 0.717) is 0 Å². The molecule has 0 fully saturated rings. The van der Waals surface area contributed by atoms with Gasteiger partial charge < -0.3 is 0 Å². The van der Waals surface area contributed by atoms with Gasteiger partial charge in [0.15, 0.2) is 0 Å². The number of aryl methyl sites for hydroxylation is 1. The van der Waals surface area contributed by atoms with Crippen LogP contribution in [0.4, 0.5) is 0 Å². The Morgan fingerprint density at radius 2 is 2.08 bits per heavy atom. The van der Waals surface area contributed by atoms with Crippen molar-refractivity contribution in [3.05, 3.63) is 51.7 Å². The van der Waals surface area contributed by atoms with Crippen LogP contribution in [0.25, 0.3) is 6.08 Å². The fraction of sp³-hybridized carbons (Fsp3) is 0.111. The third-order valence-electron chi connectivity index (χ3n) is 1.56. The van der Waals surface area contributed by atoms with Gasteiger partial charge in [-0.25, -0.2) is 0 Å². The van der Waals surface area contributed by atoms with E-state index in [2.05, 4.69) is 0 Å². The van der Waals surface area contributed by atoms with Crippen LogP contribution in [0.3, 0.4) is 0 Å². The molecule has 1 aromatic carbocycles. The van der Waals surface area contributed by atoms with Crippen molar-refractivity contribution in [1.82, 2.24) is 0 Å². The molecule has 0 aromatic heterocycles. The van der Waals surface area contributed by atoms with E-state index in [1.807, 2.05) is 31.2 Å². The molecule has 0 bridgehead atoms. The third-order valence-corrected chi connectivity index (χ3v) is 1.56. The molecule has 62 valence electrons. The van der Waals surface area contributed by atoms with Crippen molar-refractivity contribution in [2.75, 3.05) is 0 Å². The maximum atomic E-state index is 10.0.